The highest BCUT2D eigenvalue weighted by Crippen LogP contribution is 2.13. The number of aliphatic hydroxyl groups is 2. The summed E-state index contributed by atoms with van der Waals surface area (Å²) in [4.78, 5) is 0. The molecule has 1 rings (SSSR count). The van der Waals surface area contributed by atoms with E-state index in [1.807, 2.05) is 13.8 Å². The molecule has 0 aliphatic carbocycles. The summed E-state index contributed by atoms with van der Waals surface area (Å²) in [5.41, 5.74) is 0. The van der Waals surface area contributed by atoms with Crippen molar-refractivity contribution in [2.75, 3.05) is 13.7 Å². The topological polar surface area (TPSA) is 58.9 Å². The van der Waals surface area contributed by atoms with E-state index >= 15 is 0 Å². The van der Waals surface area contributed by atoms with Crippen molar-refractivity contribution in [2.24, 2.45) is 0 Å². The fourth-order valence-electron chi connectivity index (χ4n) is 0.779. The minimum absolute atomic E-state index is 0.152. The zero-order valence-electron chi connectivity index (χ0n) is 7.15. The maximum Gasteiger partial charge on any atom is 0.185 e. The van der Waals surface area contributed by atoms with Gasteiger partial charge in [0.1, 0.15) is 12.2 Å². The summed E-state index contributed by atoms with van der Waals surface area (Å²) in [6.45, 7) is 4.15. The van der Waals surface area contributed by atoms with Gasteiger partial charge in [-0.3, -0.25) is 0 Å². The molecule has 1 heterocycles. The fraction of sp³-hybridized carbons (Fsp3) is 1.00. The molecular formula is C7H16O4. The summed E-state index contributed by atoms with van der Waals surface area (Å²) in [6, 6.07) is 0. The summed E-state index contributed by atoms with van der Waals surface area (Å²) in [6.07, 6.45) is -2.34. The Morgan fingerprint density at radius 2 is 1.91 bits per heavy atom. The molecule has 2 N–H and O–H groups in total. The predicted molar refractivity (Wildman–Crippen MR) is 40.1 cm³/mol. The Bertz CT molecular complexity index is 96.4. The average Bonchev–Trinajstić information content (AvgIpc) is 2.37. The second-order valence-corrected chi connectivity index (χ2v) is 2.00. The molecule has 0 aromatic carbocycles. The van der Waals surface area contributed by atoms with E-state index in [0.717, 1.165) is 0 Å². The van der Waals surface area contributed by atoms with Gasteiger partial charge in [-0.25, -0.2) is 0 Å². The number of aliphatic hydroxyl groups excluding tert-OH is 2. The minimum Gasteiger partial charge on any atom is -0.388 e. The van der Waals surface area contributed by atoms with E-state index in [1.165, 1.54) is 7.11 Å². The monoisotopic (exact) mass is 164 g/mol. The van der Waals surface area contributed by atoms with E-state index in [2.05, 4.69) is 4.74 Å². The zero-order valence-corrected chi connectivity index (χ0v) is 7.15. The Morgan fingerprint density at radius 3 is 2.09 bits per heavy atom. The van der Waals surface area contributed by atoms with Gasteiger partial charge in [-0.2, -0.15) is 0 Å². The lowest BCUT2D eigenvalue weighted by atomic mass is 10.2. The first kappa shape index (κ1) is 10.8. The van der Waals surface area contributed by atoms with Crippen molar-refractivity contribution >= 4 is 0 Å². The molecule has 11 heavy (non-hydrogen) atoms. The van der Waals surface area contributed by atoms with Crippen LogP contribution in [0.2, 0.25) is 0 Å². The molecule has 1 saturated heterocycles. The molecule has 4 nitrogen and oxygen atoms in total. The Morgan fingerprint density at radius 1 is 1.36 bits per heavy atom. The van der Waals surface area contributed by atoms with Crippen LogP contribution in [0, 0.1) is 0 Å². The predicted octanol–water partition coefficient (Wildman–Crippen LogP) is -0.263. The molecule has 0 bridgehead atoms. The fourth-order valence-corrected chi connectivity index (χ4v) is 0.779. The molecule has 0 saturated carbocycles. The van der Waals surface area contributed by atoms with Gasteiger partial charge in [-0.15, -0.1) is 0 Å². The van der Waals surface area contributed by atoms with Crippen molar-refractivity contribution < 1.29 is 19.7 Å². The van der Waals surface area contributed by atoms with Crippen LogP contribution in [-0.2, 0) is 9.47 Å². The first-order chi connectivity index (χ1) is 5.25. The van der Waals surface area contributed by atoms with Crippen LogP contribution in [0.25, 0.3) is 0 Å². The van der Waals surface area contributed by atoms with Crippen LogP contribution >= 0.6 is 0 Å². The third kappa shape index (κ3) is 2.75. The summed E-state index contributed by atoms with van der Waals surface area (Å²) in [5.74, 6) is 0. The summed E-state index contributed by atoms with van der Waals surface area (Å²) >= 11 is 0. The van der Waals surface area contributed by atoms with Gasteiger partial charge in [0.15, 0.2) is 6.29 Å². The largest absolute Gasteiger partial charge is 0.388 e. The molecule has 1 aliphatic rings. The molecule has 1 fully saturated rings. The number of hydrogen-bond acceptors (Lipinski definition) is 4. The molecule has 0 spiro atoms. The Hall–Kier alpha value is -0.160. The van der Waals surface area contributed by atoms with E-state index < -0.39 is 18.5 Å². The number of rotatable bonds is 1. The van der Waals surface area contributed by atoms with Gasteiger partial charge in [0, 0.05) is 7.11 Å². The maximum atomic E-state index is 8.96. The lowest BCUT2D eigenvalue weighted by Crippen LogP contribution is -2.30. The van der Waals surface area contributed by atoms with E-state index in [9.17, 15) is 0 Å². The minimum atomic E-state index is -0.894. The van der Waals surface area contributed by atoms with Crippen molar-refractivity contribution in [2.45, 2.75) is 32.3 Å². The van der Waals surface area contributed by atoms with Crippen molar-refractivity contribution in [3.05, 3.63) is 0 Å². The van der Waals surface area contributed by atoms with Crippen LogP contribution < -0.4 is 0 Å². The summed E-state index contributed by atoms with van der Waals surface area (Å²) in [5, 5.41) is 17.8. The standard InChI is InChI=1S/C5H10O4.C2H6/c1-8-5-4(7)3(6)2-9-5;1-2/h3-7H,2H2,1H3;1-2H3. The molecule has 1 aliphatic heterocycles. The Kier molecular flexibility index (Phi) is 5.41. The van der Waals surface area contributed by atoms with Crippen LogP contribution in [0.3, 0.4) is 0 Å². The van der Waals surface area contributed by atoms with Crippen LogP contribution in [0.5, 0.6) is 0 Å². The van der Waals surface area contributed by atoms with Gasteiger partial charge in [0.25, 0.3) is 0 Å². The highest BCUT2D eigenvalue weighted by atomic mass is 16.7. The second-order valence-electron chi connectivity index (χ2n) is 2.00. The third-order valence-electron chi connectivity index (χ3n) is 1.34. The van der Waals surface area contributed by atoms with Crippen molar-refractivity contribution in [3.63, 3.8) is 0 Å². The number of methoxy groups -OCH3 is 1. The Balaban J connectivity index is 0.000000461. The third-order valence-corrected chi connectivity index (χ3v) is 1.34. The highest BCUT2D eigenvalue weighted by molar-refractivity contribution is 4.76. The van der Waals surface area contributed by atoms with E-state index in [-0.39, 0.29) is 6.61 Å². The first-order valence-corrected chi connectivity index (χ1v) is 3.76. The lowest BCUT2D eigenvalue weighted by Gasteiger charge is -2.11. The van der Waals surface area contributed by atoms with Gasteiger partial charge in [0.05, 0.1) is 6.61 Å². The van der Waals surface area contributed by atoms with Crippen LogP contribution in [0.15, 0.2) is 0 Å². The van der Waals surface area contributed by atoms with Crippen molar-refractivity contribution in [1.82, 2.24) is 0 Å². The summed E-state index contributed by atoms with van der Waals surface area (Å²) in [7, 11) is 1.42. The Labute approximate surface area is 66.7 Å². The number of hydrogen-bond donors (Lipinski definition) is 2. The molecule has 0 aromatic rings. The summed E-state index contributed by atoms with van der Waals surface area (Å²) < 4.78 is 9.47. The molecular weight excluding hydrogens is 148 g/mol. The normalized spacial score (nSPS) is 36.3. The number of ether oxygens (including phenoxy) is 2. The lowest BCUT2D eigenvalue weighted by molar-refractivity contribution is -0.134. The van der Waals surface area contributed by atoms with Crippen molar-refractivity contribution in [1.29, 1.82) is 0 Å². The molecule has 0 amide bonds. The average molecular weight is 164 g/mol. The van der Waals surface area contributed by atoms with Gasteiger partial charge in [-0.1, -0.05) is 13.8 Å². The second kappa shape index (κ2) is 5.49. The smallest absolute Gasteiger partial charge is 0.185 e. The van der Waals surface area contributed by atoms with E-state index in [0.29, 0.717) is 0 Å². The molecule has 3 atom stereocenters. The van der Waals surface area contributed by atoms with Crippen molar-refractivity contribution in [3.8, 4) is 0 Å². The molecule has 68 valence electrons. The molecule has 4 heteroatoms. The molecule has 0 aromatic heterocycles. The quantitative estimate of drug-likeness (QED) is 0.560. The zero-order chi connectivity index (χ0) is 8.85. The van der Waals surface area contributed by atoms with Crippen LogP contribution in [0.4, 0.5) is 0 Å². The van der Waals surface area contributed by atoms with E-state index in [1.54, 1.807) is 0 Å². The maximum absolute atomic E-state index is 8.96. The van der Waals surface area contributed by atoms with Gasteiger partial charge >= 0.3 is 0 Å². The molecule has 3 unspecified atom stereocenters. The first-order valence-electron chi connectivity index (χ1n) is 3.76. The van der Waals surface area contributed by atoms with Gasteiger partial charge in [-0.05, 0) is 0 Å². The highest BCUT2D eigenvalue weighted by Gasteiger charge is 2.34. The van der Waals surface area contributed by atoms with Gasteiger partial charge < -0.3 is 19.7 Å². The SMILES string of the molecule is CC.COC1OCC(O)C1O. The van der Waals surface area contributed by atoms with Gasteiger partial charge in [0.2, 0.25) is 0 Å². The van der Waals surface area contributed by atoms with Crippen LogP contribution in [-0.4, -0.2) is 42.4 Å². The van der Waals surface area contributed by atoms with E-state index in [4.69, 9.17) is 14.9 Å². The molecule has 0 radical (unpaired) electrons. The van der Waals surface area contributed by atoms with Crippen LogP contribution in [0.1, 0.15) is 13.8 Å².